The van der Waals surface area contributed by atoms with Gasteiger partial charge < -0.3 is 30.0 Å². The zero-order valence-electron chi connectivity index (χ0n) is 39.4. The van der Waals surface area contributed by atoms with Gasteiger partial charge in [0.15, 0.2) is 4.08 Å². The normalized spacial score (nSPS) is 15.9. The summed E-state index contributed by atoms with van der Waals surface area (Å²) in [5.74, 6) is -0.103. The molecule has 0 aromatic heterocycles. The summed E-state index contributed by atoms with van der Waals surface area (Å²) in [5, 5.41) is 2.41. The molecule has 4 N–H and O–H groups in total. The number of benzene rings is 3. The fourth-order valence-electron chi connectivity index (χ4n) is 7.10. The van der Waals surface area contributed by atoms with E-state index in [0.717, 1.165) is 28.1 Å². The number of rotatable bonds is 24. The van der Waals surface area contributed by atoms with Crippen molar-refractivity contribution in [2.24, 2.45) is 17.4 Å². The van der Waals surface area contributed by atoms with Crippen LogP contribution >= 0.6 is 46.4 Å². The van der Waals surface area contributed by atoms with Gasteiger partial charge in [0, 0.05) is 22.4 Å². The third-order valence-electron chi connectivity index (χ3n) is 11.0. The summed E-state index contributed by atoms with van der Waals surface area (Å²) in [6, 6.07) is 19.2. The maximum atomic E-state index is 11.8. The van der Waals surface area contributed by atoms with Crippen molar-refractivity contribution in [3.05, 3.63) is 111 Å². The van der Waals surface area contributed by atoms with Crippen LogP contribution in [0.3, 0.4) is 0 Å². The van der Waals surface area contributed by atoms with Crippen LogP contribution in [0.25, 0.3) is 6.08 Å². The number of hydrogen-bond acceptors (Lipinski definition) is 10. The maximum Gasteiger partial charge on any atom is 0.223 e. The van der Waals surface area contributed by atoms with Crippen LogP contribution in [0.1, 0.15) is 103 Å². The number of unbranched alkanes of at least 4 members (excludes halogenated alkanes) is 10. The van der Waals surface area contributed by atoms with Gasteiger partial charge in [-0.1, -0.05) is 166 Å². The van der Waals surface area contributed by atoms with Crippen LogP contribution in [0.4, 0.5) is 0 Å². The zero-order valence-corrected chi connectivity index (χ0v) is 44.1. The first-order chi connectivity index (χ1) is 30.8. The second-order valence-electron chi connectivity index (χ2n) is 18.2. The number of halogens is 4. The van der Waals surface area contributed by atoms with Crippen LogP contribution < -0.4 is 20.9 Å². The van der Waals surface area contributed by atoms with Gasteiger partial charge in [0.1, 0.15) is 31.7 Å². The Morgan fingerprint density at radius 3 is 1.45 bits per heavy atom. The molecule has 0 heterocycles. The first-order valence-corrected chi connectivity index (χ1v) is 26.8. The fraction of sp³-hybridized carbons (Fsp3) is 0.542. The Kier molecular flexibility index (Phi) is 25.6. The quantitative estimate of drug-likeness (QED) is 0.0288. The van der Waals surface area contributed by atoms with Crippen molar-refractivity contribution >= 4 is 72.7 Å². The largest absolute Gasteiger partial charge is 0.747 e. The highest BCUT2D eigenvalue weighted by Crippen LogP contribution is 2.43. The van der Waals surface area contributed by atoms with Crippen LogP contribution in [0.15, 0.2) is 85.0 Å². The Morgan fingerprint density at radius 1 is 0.652 bits per heavy atom. The van der Waals surface area contributed by atoms with Crippen LogP contribution in [-0.2, 0) is 20.2 Å². The lowest BCUT2D eigenvalue weighted by atomic mass is 9.87. The molecule has 3 aromatic rings. The molecule has 66 heavy (non-hydrogen) atoms. The van der Waals surface area contributed by atoms with Gasteiger partial charge in [0.2, 0.25) is 13.5 Å². The summed E-state index contributed by atoms with van der Waals surface area (Å²) in [5.41, 5.74) is 9.87. The smallest absolute Gasteiger partial charge is 0.223 e. The van der Waals surface area contributed by atoms with E-state index in [4.69, 9.17) is 67.3 Å². The minimum absolute atomic E-state index is 0.571. The molecule has 0 fully saturated rings. The van der Waals surface area contributed by atoms with Crippen LogP contribution in [0.2, 0.25) is 20.1 Å². The fourth-order valence-corrected chi connectivity index (χ4v) is 10.9. The van der Waals surface area contributed by atoms with E-state index in [-0.39, 0.29) is 0 Å². The third-order valence-corrected chi connectivity index (χ3v) is 15.8. The summed E-state index contributed by atoms with van der Waals surface area (Å²) >= 11 is 24.0. The predicted octanol–water partition coefficient (Wildman–Crippen LogP) is 11.2. The molecular weight excluding hydrogens is 966 g/mol. The SMILES string of the molecule is CCCCCCCC[N+](C)(C)COc1ccc(Cl)cc1Cl.CCCCCCCC[N+](C)(C)COc1ccc(Cl)cc1Cl.NC1(N)C=CC(C=Cc2ccccc2)C(S(=O)(=O)[O-])(S(=O)(=O)[O-])C1. The average Bonchev–Trinajstić information content (AvgIpc) is 3.22. The lowest BCUT2D eigenvalue weighted by Gasteiger charge is -2.47. The van der Waals surface area contributed by atoms with Gasteiger partial charge >= 0.3 is 0 Å². The predicted molar refractivity (Wildman–Crippen MR) is 271 cm³/mol. The van der Waals surface area contributed by atoms with E-state index in [1.807, 2.05) is 12.1 Å². The molecule has 0 radical (unpaired) electrons. The van der Waals surface area contributed by atoms with E-state index in [0.29, 0.717) is 50.6 Å². The van der Waals surface area contributed by atoms with Gasteiger partial charge in [0.05, 0.1) is 57.0 Å². The minimum Gasteiger partial charge on any atom is -0.747 e. The first kappa shape index (κ1) is 59.7. The highest BCUT2D eigenvalue weighted by Gasteiger charge is 2.54. The Morgan fingerprint density at radius 2 is 1.06 bits per heavy atom. The summed E-state index contributed by atoms with van der Waals surface area (Å²) in [6.07, 6.45) is 19.6. The monoisotopic (exact) mass is 1040 g/mol. The standard InChI is InChI=1S/2C17H28Cl2NO.C14H18N2O6S2/c2*1-4-5-6-7-8-9-12-20(2,3)14-21-17-11-10-15(18)13-16(17)19;15-13(16)9-8-12(7-6-11-4-2-1-3-5-11)14(10-13,23(17,18)19)24(20,21)22/h2*10-11,13H,4-9,12,14H2,1-3H3;1-9,12H,10,15-16H2,(H,17,18,19)(H,20,21,22)/q2*+1;/p-2. The number of ether oxygens (including phenoxy) is 2. The summed E-state index contributed by atoms with van der Waals surface area (Å²) in [7, 11) is -2.40. The lowest BCUT2D eigenvalue weighted by Crippen LogP contribution is -2.63. The molecule has 0 saturated heterocycles. The van der Waals surface area contributed by atoms with Crippen molar-refractivity contribution in [3.8, 4) is 11.5 Å². The van der Waals surface area contributed by atoms with Crippen LogP contribution in [0.5, 0.6) is 11.5 Å². The number of nitrogens with two attached hydrogens (primary N) is 2. The molecule has 12 nitrogen and oxygen atoms in total. The molecule has 0 saturated carbocycles. The summed E-state index contributed by atoms with van der Waals surface area (Å²) in [6.45, 7) is 7.99. The second-order valence-corrected chi connectivity index (χ2v) is 23.4. The van der Waals surface area contributed by atoms with E-state index >= 15 is 0 Å². The molecule has 0 aliphatic heterocycles. The maximum absolute atomic E-state index is 11.8. The Balaban J connectivity index is 0.000000341. The molecule has 0 amide bonds. The Labute approximate surface area is 415 Å². The van der Waals surface area contributed by atoms with E-state index in [1.165, 1.54) is 95.3 Å². The Hall–Kier alpha value is -2.44. The highest BCUT2D eigenvalue weighted by atomic mass is 35.5. The van der Waals surface area contributed by atoms with Gasteiger partial charge in [-0.25, -0.2) is 16.8 Å². The molecule has 1 atom stereocenters. The van der Waals surface area contributed by atoms with Gasteiger partial charge in [-0.2, -0.15) is 0 Å². The lowest BCUT2D eigenvalue weighted by molar-refractivity contribution is -0.905. The third kappa shape index (κ3) is 21.5. The van der Waals surface area contributed by atoms with E-state index in [9.17, 15) is 25.9 Å². The number of hydrogen-bond donors (Lipinski definition) is 2. The van der Waals surface area contributed by atoms with E-state index < -0.39 is 42.3 Å². The highest BCUT2D eigenvalue weighted by molar-refractivity contribution is 8.05. The number of nitrogens with zero attached hydrogens (tertiary/aromatic N) is 2. The molecule has 1 aliphatic carbocycles. The Bertz CT molecular complexity index is 2080. The zero-order chi connectivity index (χ0) is 49.7. The molecule has 1 unspecified atom stereocenters. The van der Waals surface area contributed by atoms with Crippen molar-refractivity contribution in [1.82, 2.24) is 0 Å². The molecular formula is C48H72Cl4N4O8S2. The minimum atomic E-state index is -5.58. The molecule has 3 aromatic carbocycles. The second kappa shape index (κ2) is 28.3. The molecule has 18 heteroatoms. The van der Waals surface area contributed by atoms with Crippen molar-refractivity contribution in [2.45, 2.75) is 107 Å². The van der Waals surface area contributed by atoms with Crippen LogP contribution in [-0.4, -0.2) is 99.4 Å². The van der Waals surface area contributed by atoms with Crippen LogP contribution in [0, 0.1) is 5.92 Å². The topological polar surface area (TPSA) is 185 Å². The van der Waals surface area contributed by atoms with E-state index in [1.54, 1.807) is 54.6 Å². The molecule has 372 valence electrons. The first-order valence-electron chi connectivity index (χ1n) is 22.5. The van der Waals surface area contributed by atoms with Gasteiger partial charge in [-0.15, -0.1) is 0 Å². The van der Waals surface area contributed by atoms with Crippen molar-refractivity contribution in [3.63, 3.8) is 0 Å². The molecule has 1 aliphatic rings. The average molecular weight is 1040 g/mol. The molecule has 0 spiro atoms. The molecule has 4 rings (SSSR count). The van der Waals surface area contributed by atoms with Crippen molar-refractivity contribution < 1.29 is 44.4 Å². The summed E-state index contributed by atoms with van der Waals surface area (Å²) < 4.78 is 80.6. The van der Waals surface area contributed by atoms with Gasteiger partial charge in [-0.05, 0) is 67.6 Å². The summed E-state index contributed by atoms with van der Waals surface area (Å²) in [4.78, 5) is 0. The number of allylic oxidation sites excluding steroid dienone is 2. The van der Waals surface area contributed by atoms with Gasteiger partial charge in [-0.3, -0.25) is 8.97 Å². The van der Waals surface area contributed by atoms with Gasteiger partial charge in [0.25, 0.3) is 0 Å². The van der Waals surface area contributed by atoms with Crippen molar-refractivity contribution in [1.29, 1.82) is 0 Å². The molecule has 0 bridgehead atoms. The van der Waals surface area contributed by atoms with Crippen molar-refractivity contribution in [2.75, 3.05) is 54.7 Å². The van der Waals surface area contributed by atoms with E-state index in [2.05, 4.69) is 42.0 Å². The number of quaternary nitrogens is 2.